The number of imidazole rings is 1. The fraction of sp³-hybridized carbons (Fsp3) is 0.458. The lowest BCUT2D eigenvalue weighted by molar-refractivity contribution is 0.0482. The molecule has 164 valence electrons. The molecule has 2 heterocycles. The first kappa shape index (κ1) is 21.2. The number of alkyl carbamates (subject to hydrolysis) is 1. The second kappa shape index (κ2) is 8.57. The summed E-state index contributed by atoms with van der Waals surface area (Å²) < 4.78 is 11.2. The highest BCUT2D eigenvalue weighted by atomic mass is 16.6. The Kier molecular flexibility index (Phi) is 5.85. The lowest BCUT2D eigenvalue weighted by Crippen LogP contribution is -2.37. The van der Waals surface area contributed by atoms with Gasteiger partial charge in [0.2, 0.25) is 0 Å². The summed E-state index contributed by atoms with van der Waals surface area (Å²) in [5, 5.41) is 3.07. The lowest BCUT2D eigenvalue weighted by Gasteiger charge is -2.26. The number of methoxy groups -OCH3 is 1. The van der Waals surface area contributed by atoms with Crippen molar-refractivity contribution in [2.75, 3.05) is 7.11 Å². The second-order valence-corrected chi connectivity index (χ2v) is 9.10. The summed E-state index contributed by atoms with van der Waals surface area (Å²) in [6, 6.07) is 7.66. The number of hydrogen-bond acceptors (Lipinski definition) is 5. The molecule has 1 atom stereocenters. The number of benzene rings is 1. The van der Waals surface area contributed by atoms with Crippen LogP contribution >= 0.6 is 0 Å². The van der Waals surface area contributed by atoms with Crippen molar-refractivity contribution in [1.29, 1.82) is 0 Å². The summed E-state index contributed by atoms with van der Waals surface area (Å²) >= 11 is 0. The van der Waals surface area contributed by atoms with E-state index in [2.05, 4.69) is 15.3 Å². The van der Waals surface area contributed by atoms with Gasteiger partial charge < -0.3 is 19.8 Å². The molecule has 0 radical (unpaired) electrons. The molecule has 1 saturated carbocycles. The number of nitrogens with one attached hydrogen (secondary N) is 2. The Morgan fingerprint density at radius 3 is 2.55 bits per heavy atom. The van der Waals surface area contributed by atoms with Crippen LogP contribution in [0.25, 0.3) is 22.2 Å². The molecule has 4 rings (SSSR count). The molecule has 1 aliphatic rings. The summed E-state index contributed by atoms with van der Waals surface area (Å²) in [5.74, 6) is 1.82. The number of ether oxygens (including phenoxy) is 2. The SMILES string of the molecule is COc1cc2nc(C(NC(=O)OC(C)(C)C)C3CCCC3)[nH]c2cc1-c1ccncc1. The number of amides is 1. The van der Waals surface area contributed by atoms with Gasteiger partial charge >= 0.3 is 6.09 Å². The van der Waals surface area contributed by atoms with E-state index in [-0.39, 0.29) is 6.04 Å². The van der Waals surface area contributed by atoms with Crippen LogP contribution < -0.4 is 10.1 Å². The fourth-order valence-corrected chi connectivity index (χ4v) is 4.27. The molecule has 0 spiro atoms. The molecular weight excluding hydrogens is 392 g/mol. The van der Waals surface area contributed by atoms with Crippen molar-refractivity contribution >= 4 is 17.1 Å². The molecule has 7 heteroatoms. The average Bonchev–Trinajstić information content (AvgIpc) is 3.40. The molecule has 1 amide bonds. The van der Waals surface area contributed by atoms with Gasteiger partial charge in [-0.3, -0.25) is 4.98 Å². The summed E-state index contributed by atoms with van der Waals surface area (Å²) in [4.78, 5) is 24.9. The van der Waals surface area contributed by atoms with E-state index in [1.54, 1.807) is 19.5 Å². The molecule has 0 saturated heterocycles. The molecule has 1 unspecified atom stereocenters. The van der Waals surface area contributed by atoms with Crippen molar-refractivity contribution in [3.63, 3.8) is 0 Å². The van der Waals surface area contributed by atoms with Crippen molar-refractivity contribution in [2.45, 2.75) is 58.1 Å². The number of fused-ring (bicyclic) bond motifs is 1. The number of aromatic amines is 1. The first-order valence-electron chi connectivity index (χ1n) is 10.8. The first-order valence-corrected chi connectivity index (χ1v) is 10.8. The zero-order chi connectivity index (χ0) is 22.0. The number of hydrogen-bond donors (Lipinski definition) is 2. The molecule has 1 aromatic carbocycles. The number of carbonyl (C=O) groups is 1. The highest BCUT2D eigenvalue weighted by Gasteiger charge is 2.31. The number of rotatable bonds is 5. The zero-order valence-corrected chi connectivity index (χ0v) is 18.6. The third kappa shape index (κ3) is 4.81. The molecular formula is C24H30N4O3. The number of pyridine rings is 1. The van der Waals surface area contributed by atoms with Crippen molar-refractivity contribution < 1.29 is 14.3 Å². The van der Waals surface area contributed by atoms with E-state index in [1.165, 1.54) is 0 Å². The van der Waals surface area contributed by atoms with Gasteiger partial charge in [-0.25, -0.2) is 9.78 Å². The third-order valence-electron chi connectivity index (χ3n) is 5.65. The second-order valence-electron chi connectivity index (χ2n) is 9.10. The van der Waals surface area contributed by atoms with Crippen molar-refractivity contribution in [1.82, 2.24) is 20.3 Å². The van der Waals surface area contributed by atoms with Crippen LogP contribution in [0.2, 0.25) is 0 Å². The highest BCUT2D eigenvalue weighted by Crippen LogP contribution is 2.37. The maximum Gasteiger partial charge on any atom is 0.408 e. The minimum atomic E-state index is -0.551. The van der Waals surface area contributed by atoms with Crippen LogP contribution in [-0.2, 0) is 4.74 Å². The first-order chi connectivity index (χ1) is 14.8. The van der Waals surface area contributed by atoms with Gasteiger partial charge in [-0.05, 0) is 63.3 Å². The monoisotopic (exact) mass is 422 g/mol. The standard InChI is InChI=1S/C24H30N4O3/c1-24(2,3)31-23(29)28-21(16-7-5-6-8-16)22-26-18-13-17(15-9-11-25-12-10-15)20(30-4)14-19(18)27-22/h9-14,16,21H,5-8H2,1-4H3,(H,26,27)(H,28,29). The Morgan fingerprint density at radius 1 is 1.19 bits per heavy atom. The quantitative estimate of drug-likeness (QED) is 0.575. The Bertz CT molecular complexity index is 1050. The Balaban J connectivity index is 1.70. The van der Waals surface area contributed by atoms with E-state index < -0.39 is 11.7 Å². The number of carbonyl (C=O) groups excluding carboxylic acids is 1. The maximum absolute atomic E-state index is 12.6. The van der Waals surface area contributed by atoms with Gasteiger partial charge in [0.15, 0.2) is 0 Å². The summed E-state index contributed by atoms with van der Waals surface area (Å²) in [7, 11) is 1.66. The molecule has 7 nitrogen and oxygen atoms in total. The van der Waals surface area contributed by atoms with Gasteiger partial charge in [-0.1, -0.05) is 12.8 Å². The molecule has 2 aromatic heterocycles. The maximum atomic E-state index is 12.6. The third-order valence-corrected chi connectivity index (χ3v) is 5.65. The van der Waals surface area contributed by atoms with Crippen LogP contribution in [0.4, 0.5) is 4.79 Å². The van der Waals surface area contributed by atoms with Gasteiger partial charge in [-0.15, -0.1) is 0 Å². The number of nitrogens with zero attached hydrogens (tertiary/aromatic N) is 2. The fourth-order valence-electron chi connectivity index (χ4n) is 4.27. The summed E-state index contributed by atoms with van der Waals surface area (Å²) in [5.41, 5.74) is 3.13. The Labute approximate surface area is 182 Å². The Morgan fingerprint density at radius 2 is 1.90 bits per heavy atom. The van der Waals surface area contributed by atoms with E-state index in [1.807, 2.05) is 45.0 Å². The van der Waals surface area contributed by atoms with Gasteiger partial charge in [0.1, 0.15) is 17.2 Å². The van der Waals surface area contributed by atoms with E-state index >= 15 is 0 Å². The molecule has 1 aliphatic carbocycles. The molecule has 2 N–H and O–H groups in total. The van der Waals surface area contributed by atoms with E-state index in [0.717, 1.165) is 59.4 Å². The molecule has 3 aromatic rings. The number of H-pyrrole nitrogens is 1. The van der Waals surface area contributed by atoms with Crippen LogP contribution in [0.3, 0.4) is 0 Å². The number of aromatic nitrogens is 3. The van der Waals surface area contributed by atoms with Crippen LogP contribution in [-0.4, -0.2) is 33.8 Å². The van der Waals surface area contributed by atoms with E-state index in [0.29, 0.717) is 5.92 Å². The normalized spacial score (nSPS) is 15.7. The predicted octanol–water partition coefficient (Wildman–Crippen LogP) is 5.39. The highest BCUT2D eigenvalue weighted by molar-refractivity contribution is 5.86. The molecule has 0 aliphatic heterocycles. The van der Waals surface area contributed by atoms with E-state index in [9.17, 15) is 4.79 Å². The van der Waals surface area contributed by atoms with Crippen molar-refractivity contribution in [2.24, 2.45) is 5.92 Å². The minimum absolute atomic E-state index is 0.222. The molecule has 1 fully saturated rings. The zero-order valence-electron chi connectivity index (χ0n) is 18.6. The minimum Gasteiger partial charge on any atom is -0.496 e. The summed E-state index contributed by atoms with van der Waals surface area (Å²) in [6.07, 6.45) is 7.55. The summed E-state index contributed by atoms with van der Waals surface area (Å²) in [6.45, 7) is 5.60. The van der Waals surface area contributed by atoms with Crippen LogP contribution in [0.5, 0.6) is 5.75 Å². The topological polar surface area (TPSA) is 89.1 Å². The molecule has 31 heavy (non-hydrogen) atoms. The van der Waals surface area contributed by atoms with Crippen molar-refractivity contribution in [3.05, 3.63) is 42.5 Å². The van der Waals surface area contributed by atoms with Crippen LogP contribution in [0, 0.1) is 5.92 Å². The lowest BCUT2D eigenvalue weighted by atomic mass is 9.97. The predicted molar refractivity (Wildman–Crippen MR) is 120 cm³/mol. The molecule has 0 bridgehead atoms. The van der Waals surface area contributed by atoms with Gasteiger partial charge in [0.25, 0.3) is 0 Å². The Hall–Kier alpha value is -3.09. The van der Waals surface area contributed by atoms with Gasteiger partial charge in [0.05, 0.1) is 24.2 Å². The van der Waals surface area contributed by atoms with Crippen LogP contribution in [0.15, 0.2) is 36.7 Å². The smallest absolute Gasteiger partial charge is 0.408 e. The van der Waals surface area contributed by atoms with Crippen LogP contribution in [0.1, 0.15) is 58.3 Å². The van der Waals surface area contributed by atoms with Crippen molar-refractivity contribution in [3.8, 4) is 16.9 Å². The van der Waals surface area contributed by atoms with Gasteiger partial charge in [-0.2, -0.15) is 0 Å². The largest absolute Gasteiger partial charge is 0.496 e. The van der Waals surface area contributed by atoms with Gasteiger partial charge in [0, 0.05) is 24.0 Å². The average molecular weight is 423 g/mol. The van der Waals surface area contributed by atoms with E-state index in [4.69, 9.17) is 14.5 Å².